The molecule has 0 radical (unpaired) electrons. The first kappa shape index (κ1) is 17.8. The molecule has 0 saturated heterocycles. The van der Waals surface area contributed by atoms with Gasteiger partial charge in [-0.1, -0.05) is 6.07 Å². The van der Waals surface area contributed by atoms with Gasteiger partial charge in [0.2, 0.25) is 0 Å². The predicted octanol–water partition coefficient (Wildman–Crippen LogP) is 2.34. The third-order valence-corrected chi connectivity index (χ3v) is 2.77. The zero-order valence-corrected chi connectivity index (χ0v) is 13.6. The first-order chi connectivity index (χ1) is 10.3. The first-order valence-corrected chi connectivity index (χ1v) is 6.94. The van der Waals surface area contributed by atoms with Gasteiger partial charge in [0.25, 0.3) is 0 Å². The van der Waals surface area contributed by atoms with E-state index in [1.807, 2.05) is 6.07 Å². The highest BCUT2D eigenvalue weighted by molar-refractivity contribution is 5.73. The Kier molecular flexibility index (Phi) is 6.22. The van der Waals surface area contributed by atoms with Gasteiger partial charge in [-0.15, -0.1) is 0 Å². The Bertz CT molecular complexity index is 522. The summed E-state index contributed by atoms with van der Waals surface area (Å²) in [6.07, 6.45) is 0.397. The molecule has 6 nitrogen and oxygen atoms in total. The van der Waals surface area contributed by atoms with Crippen molar-refractivity contribution in [3.63, 3.8) is 0 Å². The van der Waals surface area contributed by atoms with E-state index in [0.29, 0.717) is 24.2 Å². The fourth-order valence-corrected chi connectivity index (χ4v) is 1.85. The predicted molar refractivity (Wildman–Crippen MR) is 82.5 cm³/mol. The lowest BCUT2D eigenvalue weighted by molar-refractivity contribution is -0.109. The van der Waals surface area contributed by atoms with Crippen LogP contribution in [-0.2, 0) is 16.0 Å². The lowest BCUT2D eigenvalue weighted by Gasteiger charge is -2.21. The standard InChI is InChI=1S/C16H23NO5/c1-16(2,3)22-15(19)17-12(10-18)8-11-6-7-13(20-4)14(9-11)21-5/h6-7,9-10,12H,8H2,1-5H3,(H,17,19). The maximum absolute atomic E-state index is 11.7. The van der Waals surface area contributed by atoms with Gasteiger partial charge in [0.15, 0.2) is 11.5 Å². The van der Waals surface area contributed by atoms with Crippen LogP contribution in [0.25, 0.3) is 0 Å². The molecule has 1 aromatic carbocycles. The summed E-state index contributed by atoms with van der Waals surface area (Å²) < 4.78 is 15.5. The molecule has 1 atom stereocenters. The Morgan fingerprint density at radius 2 is 1.86 bits per heavy atom. The van der Waals surface area contributed by atoms with Crippen molar-refractivity contribution in [3.05, 3.63) is 23.8 Å². The van der Waals surface area contributed by atoms with Crippen LogP contribution in [0.1, 0.15) is 26.3 Å². The summed E-state index contributed by atoms with van der Waals surface area (Å²) in [4.78, 5) is 22.9. The molecule has 6 heteroatoms. The van der Waals surface area contributed by atoms with Crippen LogP contribution in [0, 0.1) is 0 Å². The number of rotatable bonds is 6. The molecule has 0 aliphatic heterocycles. The molecule has 0 aromatic heterocycles. The molecule has 1 N–H and O–H groups in total. The monoisotopic (exact) mass is 309 g/mol. The van der Waals surface area contributed by atoms with E-state index in [-0.39, 0.29) is 0 Å². The number of nitrogens with one attached hydrogen (secondary N) is 1. The molecule has 1 aromatic rings. The van der Waals surface area contributed by atoms with Gasteiger partial charge in [-0.05, 0) is 44.9 Å². The van der Waals surface area contributed by atoms with Crippen molar-refractivity contribution in [3.8, 4) is 11.5 Å². The highest BCUT2D eigenvalue weighted by Crippen LogP contribution is 2.27. The summed E-state index contributed by atoms with van der Waals surface area (Å²) >= 11 is 0. The molecular weight excluding hydrogens is 286 g/mol. The van der Waals surface area contributed by atoms with Crippen molar-refractivity contribution in [2.24, 2.45) is 0 Å². The largest absolute Gasteiger partial charge is 0.493 e. The summed E-state index contributed by atoms with van der Waals surface area (Å²) in [5.41, 5.74) is 0.228. The van der Waals surface area contributed by atoms with Gasteiger partial charge in [0.1, 0.15) is 11.9 Å². The number of alkyl carbamates (subject to hydrolysis) is 1. The van der Waals surface area contributed by atoms with E-state index in [2.05, 4.69) is 5.32 Å². The second-order valence-electron chi connectivity index (χ2n) is 5.78. The second kappa shape index (κ2) is 7.68. The summed E-state index contributed by atoms with van der Waals surface area (Å²) in [5.74, 6) is 1.18. The minimum atomic E-state index is -0.673. The van der Waals surface area contributed by atoms with E-state index in [0.717, 1.165) is 5.56 Å². The molecule has 0 fully saturated rings. The number of methoxy groups -OCH3 is 2. The van der Waals surface area contributed by atoms with E-state index in [1.165, 1.54) is 7.11 Å². The van der Waals surface area contributed by atoms with Gasteiger partial charge in [-0.3, -0.25) is 0 Å². The minimum Gasteiger partial charge on any atom is -0.493 e. The van der Waals surface area contributed by atoms with Crippen molar-refractivity contribution in [1.29, 1.82) is 0 Å². The molecule has 22 heavy (non-hydrogen) atoms. The Balaban J connectivity index is 2.74. The van der Waals surface area contributed by atoms with E-state index < -0.39 is 17.7 Å². The fraction of sp³-hybridized carbons (Fsp3) is 0.500. The summed E-state index contributed by atoms with van der Waals surface area (Å²) in [6, 6.07) is 4.66. The summed E-state index contributed by atoms with van der Waals surface area (Å²) in [7, 11) is 3.09. The Hall–Kier alpha value is -2.24. The quantitative estimate of drug-likeness (QED) is 0.816. The highest BCUT2D eigenvalue weighted by atomic mass is 16.6. The van der Waals surface area contributed by atoms with Gasteiger partial charge in [0, 0.05) is 0 Å². The van der Waals surface area contributed by atoms with Gasteiger partial charge in [0.05, 0.1) is 20.3 Å². The normalized spacial score (nSPS) is 12.2. The summed E-state index contributed by atoms with van der Waals surface area (Å²) in [5, 5.41) is 2.54. The Labute approximate surface area is 130 Å². The molecule has 0 bridgehead atoms. The number of amides is 1. The van der Waals surface area contributed by atoms with Gasteiger partial charge in [-0.25, -0.2) is 4.79 Å². The highest BCUT2D eigenvalue weighted by Gasteiger charge is 2.19. The van der Waals surface area contributed by atoms with Crippen LogP contribution in [-0.4, -0.2) is 38.2 Å². The van der Waals surface area contributed by atoms with Crippen LogP contribution in [0.15, 0.2) is 18.2 Å². The van der Waals surface area contributed by atoms with Gasteiger partial charge in [-0.2, -0.15) is 0 Å². The lowest BCUT2D eigenvalue weighted by Crippen LogP contribution is -2.41. The molecule has 0 heterocycles. The van der Waals surface area contributed by atoms with Crippen LogP contribution in [0.5, 0.6) is 11.5 Å². The Morgan fingerprint density at radius 3 is 2.36 bits per heavy atom. The van der Waals surface area contributed by atoms with Crippen LogP contribution in [0.2, 0.25) is 0 Å². The van der Waals surface area contributed by atoms with Crippen LogP contribution < -0.4 is 14.8 Å². The van der Waals surface area contributed by atoms with Gasteiger partial charge >= 0.3 is 6.09 Å². The SMILES string of the molecule is COc1ccc(CC(C=O)NC(=O)OC(C)(C)C)cc1OC. The molecule has 1 rings (SSSR count). The van der Waals surface area contributed by atoms with Crippen molar-refractivity contribution < 1.29 is 23.8 Å². The van der Waals surface area contributed by atoms with E-state index >= 15 is 0 Å². The average Bonchev–Trinajstić information content (AvgIpc) is 2.44. The molecule has 0 saturated carbocycles. The Morgan fingerprint density at radius 1 is 1.23 bits per heavy atom. The van der Waals surface area contributed by atoms with Crippen molar-refractivity contribution in [1.82, 2.24) is 5.32 Å². The zero-order chi connectivity index (χ0) is 16.8. The number of hydrogen-bond acceptors (Lipinski definition) is 5. The number of aldehydes is 1. The van der Waals surface area contributed by atoms with Crippen LogP contribution in [0.4, 0.5) is 4.79 Å². The number of carbonyl (C=O) groups is 2. The van der Waals surface area contributed by atoms with E-state index in [9.17, 15) is 9.59 Å². The van der Waals surface area contributed by atoms with Crippen molar-refractivity contribution in [2.45, 2.75) is 38.8 Å². The zero-order valence-electron chi connectivity index (χ0n) is 13.6. The second-order valence-corrected chi connectivity index (χ2v) is 5.78. The number of carbonyl (C=O) groups excluding carboxylic acids is 2. The third kappa shape index (κ3) is 5.63. The fourth-order valence-electron chi connectivity index (χ4n) is 1.85. The van der Waals surface area contributed by atoms with Crippen molar-refractivity contribution >= 4 is 12.4 Å². The number of ether oxygens (including phenoxy) is 3. The van der Waals surface area contributed by atoms with E-state index in [1.54, 1.807) is 40.0 Å². The average molecular weight is 309 g/mol. The maximum Gasteiger partial charge on any atom is 0.408 e. The number of hydrogen-bond donors (Lipinski definition) is 1. The summed E-state index contributed by atoms with van der Waals surface area (Å²) in [6.45, 7) is 5.28. The molecule has 0 spiro atoms. The maximum atomic E-state index is 11.7. The molecule has 122 valence electrons. The molecule has 1 amide bonds. The van der Waals surface area contributed by atoms with Crippen molar-refractivity contribution in [2.75, 3.05) is 14.2 Å². The van der Waals surface area contributed by atoms with Crippen LogP contribution >= 0.6 is 0 Å². The van der Waals surface area contributed by atoms with E-state index in [4.69, 9.17) is 14.2 Å². The third-order valence-electron chi connectivity index (χ3n) is 2.77. The molecule has 1 unspecified atom stereocenters. The smallest absolute Gasteiger partial charge is 0.408 e. The number of benzene rings is 1. The van der Waals surface area contributed by atoms with Crippen LogP contribution in [0.3, 0.4) is 0 Å². The lowest BCUT2D eigenvalue weighted by atomic mass is 10.1. The van der Waals surface area contributed by atoms with Gasteiger partial charge < -0.3 is 24.3 Å². The molecule has 0 aliphatic carbocycles. The first-order valence-electron chi connectivity index (χ1n) is 6.94. The topological polar surface area (TPSA) is 73.9 Å². The molecule has 0 aliphatic rings. The minimum absolute atomic E-state index is 0.336. The molecular formula is C16H23NO5.